The highest BCUT2D eigenvalue weighted by Crippen LogP contribution is 2.61. The number of ketones is 1. The molecule has 2 fully saturated rings. The number of carbonyl (C=O) groups excluding carboxylic acids is 2. The van der Waals surface area contributed by atoms with Crippen molar-refractivity contribution in [3.8, 4) is 11.5 Å². The van der Waals surface area contributed by atoms with E-state index in [0.717, 1.165) is 49.2 Å². The second-order valence-electron chi connectivity index (χ2n) is 9.31. The Hall–Kier alpha value is -2.04. The summed E-state index contributed by atoms with van der Waals surface area (Å²) in [5.41, 5.74) is 0.370. The molecule has 0 spiro atoms. The summed E-state index contributed by atoms with van der Waals surface area (Å²) in [6, 6.07) is 5.90. The minimum atomic E-state index is -0.599. The van der Waals surface area contributed by atoms with E-state index in [-0.39, 0.29) is 29.5 Å². The molecule has 1 aromatic carbocycles. The van der Waals surface area contributed by atoms with Gasteiger partial charge in [-0.3, -0.25) is 9.59 Å². The van der Waals surface area contributed by atoms with Crippen LogP contribution in [0.15, 0.2) is 18.2 Å². The first-order valence-electron chi connectivity index (χ1n) is 11.2. The van der Waals surface area contributed by atoms with Crippen LogP contribution < -0.4 is 9.47 Å². The van der Waals surface area contributed by atoms with Crippen LogP contribution in [-0.2, 0) is 20.7 Å². The third kappa shape index (κ3) is 3.95. The van der Waals surface area contributed by atoms with Gasteiger partial charge in [0.1, 0.15) is 17.3 Å². The van der Waals surface area contributed by atoms with Gasteiger partial charge in [0.05, 0.1) is 27.2 Å². The van der Waals surface area contributed by atoms with Crippen molar-refractivity contribution >= 4 is 11.8 Å². The largest absolute Gasteiger partial charge is 0.497 e. The molecular weight excluding hydrogens is 380 g/mol. The third-order valence-electron chi connectivity index (χ3n) is 7.89. The predicted molar refractivity (Wildman–Crippen MR) is 116 cm³/mol. The Bertz CT molecular complexity index is 788. The van der Waals surface area contributed by atoms with Crippen molar-refractivity contribution < 1.29 is 23.8 Å². The van der Waals surface area contributed by atoms with Crippen LogP contribution in [0, 0.1) is 22.7 Å². The molecule has 0 heterocycles. The van der Waals surface area contributed by atoms with E-state index in [0.29, 0.717) is 18.9 Å². The molecule has 0 unspecified atom stereocenters. The standard InChI is InChI=1S/C25H36O5/c1-6-30-23(27)16-25-13-12-17(2)24(3,21(25)8-7-9-22(25)26)15-18-14-19(28-4)10-11-20(18)29-5/h10-11,14,17,21H,6-9,12-13,15-16H2,1-5H3/t17-,21+,24-,25+/m1/s1. The topological polar surface area (TPSA) is 61.8 Å². The number of Topliss-reactive ketones (excluding diaryl/α,β-unsaturated/α-hetero) is 1. The summed E-state index contributed by atoms with van der Waals surface area (Å²) in [4.78, 5) is 25.8. The van der Waals surface area contributed by atoms with Crippen LogP contribution in [0.25, 0.3) is 0 Å². The number of hydrogen-bond donors (Lipinski definition) is 0. The lowest BCUT2D eigenvalue weighted by atomic mass is 9.45. The molecule has 0 aliphatic heterocycles. The molecule has 1 aromatic rings. The quantitative estimate of drug-likeness (QED) is 0.586. The van der Waals surface area contributed by atoms with Crippen LogP contribution in [0.4, 0.5) is 0 Å². The molecule has 0 aromatic heterocycles. The SMILES string of the molecule is CCOC(=O)C[C@@]12CC[C@@H](C)[C@@](C)(Cc3cc(OC)ccc3OC)[C@@H]1CCCC2=O. The van der Waals surface area contributed by atoms with E-state index < -0.39 is 5.41 Å². The molecule has 5 heteroatoms. The molecule has 0 saturated heterocycles. The first-order valence-corrected chi connectivity index (χ1v) is 11.2. The van der Waals surface area contributed by atoms with Crippen molar-refractivity contribution in [2.45, 2.75) is 65.7 Å². The highest BCUT2D eigenvalue weighted by molar-refractivity contribution is 5.90. The molecule has 3 rings (SSSR count). The minimum absolute atomic E-state index is 0.125. The predicted octanol–water partition coefficient (Wildman–Crippen LogP) is 4.99. The van der Waals surface area contributed by atoms with Gasteiger partial charge in [0.25, 0.3) is 0 Å². The number of benzene rings is 1. The van der Waals surface area contributed by atoms with Gasteiger partial charge in [-0.05, 0) is 80.0 Å². The van der Waals surface area contributed by atoms with Gasteiger partial charge in [0, 0.05) is 11.8 Å². The van der Waals surface area contributed by atoms with Crippen LogP contribution in [0.2, 0.25) is 0 Å². The fourth-order valence-corrected chi connectivity index (χ4v) is 6.12. The summed E-state index contributed by atoms with van der Waals surface area (Å²) in [5.74, 6) is 2.23. The van der Waals surface area contributed by atoms with Crippen molar-refractivity contribution in [2.24, 2.45) is 22.7 Å². The van der Waals surface area contributed by atoms with Crippen LogP contribution in [0.3, 0.4) is 0 Å². The maximum atomic E-state index is 13.3. The fourth-order valence-electron chi connectivity index (χ4n) is 6.12. The molecule has 0 bridgehead atoms. The Morgan fingerprint density at radius 1 is 1.20 bits per heavy atom. The van der Waals surface area contributed by atoms with E-state index >= 15 is 0 Å². The van der Waals surface area contributed by atoms with E-state index in [1.807, 2.05) is 25.1 Å². The van der Waals surface area contributed by atoms with Gasteiger partial charge < -0.3 is 14.2 Å². The second kappa shape index (κ2) is 8.99. The van der Waals surface area contributed by atoms with Gasteiger partial charge in [-0.15, -0.1) is 0 Å². The van der Waals surface area contributed by atoms with Crippen molar-refractivity contribution in [1.29, 1.82) is 0 Å². The molecule has 0 N–H and O–H groups in total. The smallest absolute Gasteiger partial charge is 0.306 e. The van der Waals surface area contributed by atoms with E-state index in [4.69, 9.17) is 14.2 Å². The maximum absolute atomic E-state index is 13.3. The highest BCUT2D eigenvalue weighted by Gasteiger charge is 2.59. The Kier molecular flexibility index (Phi) is 6.78. The Balaban J connectivity index is 2.02. The van der Waals surface area contributed by atoms with Crippen molar-refractivity contribution in [2.75, 3.05) is 20.8 Å². The third-order valence-corrected chi connectivity index (χ3v) is 7.89. The monoisotopic (exact) mass is 416 g/mol. The van der Waals surface area contributed by atoms with Gasteiger partial charge in [-0.25, -0.2) is 0 Å². The molecule has 0 radical (unpaired) electrons. The average molecular weight is 417 g/mol. The molecular formula is C25H36O5. The zero-order valence-electron chi connectivity index (χ0n) is 19.1. The van der Waals surface area contributed by atoms with Crippen molar-refractivity contribution in [3.05, 3.63) is 23.8 Å². The number of rotatable bonds is 7. The molecule has 0 amide bonds. The summed E-state index contributed by atoms with van der Waals surface area (Å²) in [5, 5.41) is 0. The number of fused-ring (bicyclic) bond motifs is 1. The number of methoxy groups -OCH3 is 2. The molecule has 2 aliphatic rings. The summed E-state index contributed by atoms with van der Waals surface area (Å²) < 4.78 is 16.4. The molecule has 2 saturated carbocycles. The van der Waals surface area contributed by atoms with E-state index in [9.17, 15) is 9.59 Å². The Labute approximate surface area is 180 Å². The number of carbonyl (C=O) groups is 2. The number of ether oxygens (including phenoxy) is 3. The van der Waals surface area contributed by atoms with Crippen molar-refractivity contribution in [1.82, 2.24) is 0 Å². The fraction of sp³-hybridized carbons (Fsp3) is 0.680. The minimum Gasteiger partial charge on any atom is -0.497 e. The Morgan fingerprint density at radius 3 is 2.63 bits per heavy atom. The summed E-state index contributed by atoms with van der Waals surface area (Å²) in [6.45, 7) is 6.76. The number of hydrogen-bond acceptors (Lipinski definition) is 5. The summed E-state index contributed by atoms with van der Waals surface area (Å²) in [6.07, 6.45) is 5.15. The molecule has 4 atom stereocenters. The second-order valence-corrected chi connectivity index (χ2v) is 9.31. The zero-order chi connectivity index (χ0) is 21.9. The van der Waals surface area contributed by atoms with Gasteiger partial charge in [-0.2, -0.15) is 0 Å². The van der Waals surface area contributed by atoms with Gasteiger partial charge >= 0.3 is 5.97 Å². The van der Waals surface area contributed by atoms with Gasteiger partial charge in [0.15, 0.2) is 0 Å². The highest BCUT2D eigenvalue weighted by atomic mass is 16.5. The van der Waals surface area contributed by atoms with Crippen LogP contribution in [0.1, 0.15) is 64.9 Å². The molecule has 166 valence electrons. The van der Waals surface area contributed by atoms with Crippen LogP contribution >= 0.6 is 0 Å². The lowest BCUT2D eigenvalue weighted by molar-refractivity contribution is -0.165. The van der Waals surface area contributed by atoms with Gasteiger partial charge in [0.2, 0.25) is 0 Å². The van der Waals surface area contributed by atoms with E-state index in [1.165, 1.54) is 0 Å². The van der Waals surface area contributed by atoms with Crippen LogP contribution in [-0.4, -0.2) is 32.6 Å². The van der Waals surface area contributed by atoms with E-state index in [2.05, 4.69) is 13.8 Å². The molecule has 30 heavy (non-hydrogen) atoms. The van der Waals surface area contributed by atoms with Gasteiger partial charge in [-0.1, -0.05) is 13.8 Å². The average Bonchev–Trinajstić information content (AvgIpc) is 2.72. The summed E-state index contributed by atoms with van der Waals surface area (Å²) in [7, 11) is 3.35. The Morgan fingerprint density at radius 2 is 1.97 bits per heavy atom. The summed E-state index contributed by atoms with van der Waals surface area (Å²) >= 11 is 0. The first-order chi connectivity index (χ1) is 14.3. The first kappa shape index (κ1) is 22.6. The lowest BCUT2D eigenvalue weighted by Crippen LogP contribution is -2.56. The molecule has 2 aliphatic carbocycles. The molecule has 5 nitrogen and oxygen atoms in total. The van der Waals surface area contributed by atoms with E-state index in [1.54, 1.807) is 14.2 Å². The number of esters is 1. The zero-order valence-corrected chi connectivity index (χ0v) is 19.1. The van der Waals surface area contributed by atoms with Crippen LogP contribution in [0.5, 0.6) is 11.5 Å². The van der Waals surface area contributed by atoms with Crippen molar-refractivity contribution in [3.63, 3.8) is 0 Å². The normalized spacial score (nSPS) is 31.0. The maximum Gasteiger partial charge on any atom is 0.306 e. The lowest BCUT2D eigenvalue weighted by Gasteiger charge is -2.58.